The molecule has 2 aromatic rings. The minimum Gasteiger partial charge on any atom is -0.396 e. The van der Waals surface area contributed by atoms with Crippen LogP contribution >= 0.6 is 35.0 Å². The van der Waals surface area contributed by atoms with E-state index in [1.807, 2.05) is 18.2 Å². The van der Waals surface area contributed by atoms with Gasteiger partial charge in [-0.1, -0.05) is 36.9 Å². The molecule has 0 bridgehead atoms. The van der Waals surface area contributed by atoms with Crippen LogP contribution in [0.15, 0.2) is 67.9 Å². The van der Waals surface area contributed by atoms with E-state index in [4.69, 9.17) is 9.50 Å². The Labute approximate surface area is 142 Å². The predicted octanol–water partition coefficient (Wildman–Crippen LogP) is 4.88. The molecule has 0 spiro atoms. The maximum absolute atomic E-state index is 9.06. The van der Waals surface area contributed by atoms with Gasteiger partial charge in [-0.15, -0.1) is 23.1 Å². The monoisotopic (exact) mass is 345 g/mol. The number of hydrogen-bond acceptors (Lipinski definition) is 5. The van der Waals surface area contributed by atoms with Crippen LogP contribution in [-0.2, 0) is 0 Å². The summed E-state index contributed by atoms with van der Waals surface area (Å²) in [6.45, 7) is 4.36. The molecular weight excluding hydrogens is 330 g/mol. The summed E-state index contributed by atoms with van der Waals surface area (Å²) >= 11 is 4.81. The number of aliphatic hydroxyl groups excluding tert-OH is 1. The van der Waals surface area contributed by atoms with E-state index in [2.05, 4.69) is 36.2 Å². The molecule has 0 unspecified atom stereocenters. The third-order valence-corrected chi connectivity index (χ3v) is 6.01. The van der Waals surface area contributed by atoms with Crippen molar-refractivity contribution in [2.75, 3.05) is 12.4 Å². The molecule has 22 heavy (non-hydrogen) atoms. The zero-order valence-electron chi connectivity index (χ0n) is 11.9. The molecule has 0 radical (unpaired) electrons. The van der Waals surface area contributed by atoms with E-state index >= 15 is 0 Å². The fraction of sp³-hybridized carbons (Fsp3) is 0.118. The summed E-state index contributed by atoms with van der Waals surface area (Å²) in [4.78, 5) is 1.08. The second kappa shape index (κ2) is 7.33. The minimum atomic E-state index is 0.160. The van der Waals surface area contributed by atoms with Crippen molar-refractivity contribution in [2.45, 2.75) is 4.21 Å². The van der Waals surface area contributed by atoms with E-state index in [0.29, 0.717) is 5.75 Å². The third kappa shape index (κ3) is 3.38. The number of aliphatic hydroxyl groups is 1. The first kappa shape index (κ1) is 15.6. The van der Waals surface area contributed by atoms with Crippen molar-refractivity contribution in [1.82, 2.24) is 0 Å². The van der Waals surface area contributed by atoms with Gasteiger partial charge in [0, 0.05) is 28.2 Å². The lowest BCUT2D eigenvalue weighted by atomic mass is 9.92. The molecule has 3 rings (SSSR count). The van der Waals surface area contributed by atoms with Crippen LogP contribution in [0.1, 0.15) is 11.1 Å². The number of nitrogens with zero attached hydrogens (tertiary/aromatic N) is 1. The molecular formula is C17H15NOS3. The Balaban J connectivity index is 1.95. The Morgan fingerprint density at radius 3 is 2.68 bits per heavy atom. The minimum absolute atomic E-state index is 0.160. The summed E-state index contributed by atoms with van der Waals surface area (Å²) < 4.78 is 5.88. The number of fused-ring (bicyclic) bond motifs is 1. The number of hydrogen-bond donors (Lipinski definition) is 1. The highest BCUT2D eigenvalue weighted by molar-refractivity contribution is 8.03. The van der Waals surface area contributed by atoms with E-state index in [-0.39, 0.29) is 6.61 Å². The molecule has 0 saturated carbocycles. The maximum Gasteiger partial charge on any atom is 0.0828 e. The molecule has 0 saturated heterocycles. The van der Waals surface area contributed by atoms with E-state index in [1.54, 1.807) is 23.1 Å². The van der Waals surface area contributed by atoms with Gasteiger partial charge in [0.15, 0.2) is 0 Å². The Morgan fingerprint density at radius 1 is 1.14 bits per heavy atom. The van der Waals surface area contributed by atoms with Gasteiger partial charge in [0.25, 0.3) is 0 Å². The second-order valence-electron chi connectivity index (χ2n) is 4.60. The van der Waals surface area contributed by atoms with Gasteiger partial charge in [0.2, 0.25) is 0 Å². The van der Waals surface area contributed by atoms with Gasteiger partial charge >= 0.3 is 0 Å². The highest BCUT2D eigenvalue weighted by Gasteiger charge is 2.19. The fourth-order valence-electron chi connectivity index (χ4n) is 2.16. The lowest BCUT2D eigenvalue weighted by Gasteiger charge is -2.20. The zero-order chi connectivity index (χ0) is 15.4. The van der Waals surface area contributed by atoms with Crippen LogP contribution in [0.25, 0.3) is 5.57 Å². The summed E-state index contributed by atoms with van der Waals surface area (Å²) in [5.74, 6) is 0.665. The Morgan fingerprint density at radius 2 is 1.95 bits per heavy atom. The van der Waals surface area contributed by atoms with Crippen molar-refractivity contribution < 1.29 is 5.11 Å². The largest absolute Gasteiger partial charge is 0.396 e. The lowest BCUT2D eigenvalue weighted by Crippen LogP contribution is -2.08. The molecule has 0 aliphatic heterocycles. The van der Waals surface area contributed by atoms with Crippen LogP contribution in [0.2, 0.25) is 0 Å². The van der Waals surface area contributed by atoms with Crippen LogP contribution in [0, 0.1) is 0 Å². The molecule has 0 amide bonds. The summed E-state index contributed by atoms with van der Waals surface area (Å²) in [5.41, 5.74) is 4.21. The maximum atomic E-state index is 9.06. The van der Waals surface area contributed by atoms with Crippen LogP contribution in [0.5, 0.6) is 0 Å². The molecule has 1 aliphatic rings. The van der Waals surface area contributed by atoms with Crippen molar-refractivity contribution >= 4 is 46.3 Å². The number of rotatable bonds is 5. The summed E-state index contributed by atoms with van der Waals surface area (Å²) in [6.07, 6.45) is 2.08. The van der Waals surface area contributed by atoms with E-state index in [1.165, 1.54) is 16.2 Å². The predicted molar refractivity (Wildman–Crippen MR) is 99.8 cm³/mol. The molecule has 2 nitrogen and oxygen atoms in total. The molecule has 1 N–H and O–H groups in total. The average Bonchev–Trinajstić information content (AvgIpc) is 3.07. The Bertz CT molecular complexity index is 732. The Kier molecular flexibility index (Phi) is 5.20. The third-order valence-electron chi connectivity index (χ3n) is 3.17. The van der Waals surface area contributed by atoms with Crippen LogP contribution < -0.4 is 0 Å². The van der Waals surface area contributed by atoms with E-state index in [9.17, 15) is 0 Å². The van der Waals surface area contributed by atoms with E-state index in [0.717, 1.165) is 27.3 Å². The molecule has 1 aromatic heterocycles. The summed E-state index contributed by atoms with van der Waals surface area (Å²) in [7, 11) is 0. The van der Waals surface area contributed by atoms with Crippen LogP contribution in [0.3, 0.4) is 0 Å². The van der Waals surface area contributed by atoms with Crippen molar-refractivity contribution in [3.63, 3.8) is 0 Å². The lowest BCUT2D eigenvalue weighted by molar-refractivity contribution is 0.322. The molecule has 1 heterocycles. The number of thioether (sulfide) groups is 1. The SMILES string of the molecule is C=C1C(SCCO)=C/C(=N\Sc2cccs2)c2ccccc21. The first-order valence-corrected chi connectivity index (χ1v) is 9.46. The van der Waals surface area contributed by atoms with Gasteiger partial charge in [-0.05, 0) is 28.7 Å². The van der Waals surface area contributed by atoms with Crippen LogP contribution in [0.4, 0.5) is 0 Å². The smallest absolute Gasteiger partial charge is 0.0828 e. The topological polar surface area (TPSA) is 32.6 Å². The zero-order valence-corrected chi connectivity index (χ0v) is 14.3. The normalized spacial score (nSPS) is 15.8. The van der Waals surface area contributed by atoms with Crippen LogP contribution in [-0.4, -0.2) is 23.2 Å². The highest BCUT2D eigenvalue weighted by atomic mass is 32.2. The average molecular weight is 346 g/mol. The van der Waals surface area contributed by atoms with Gasteiger partial charge < -0.3 is 5.11 Å². The van der Waals surface area contributed by atoms with Gasteiger partial charge in [-0.25, -0.2) is 4.40 Å². The Hall–Kier alpha value is -1.27. The van der Waals surface area contributed by atoms with Gasteiger partial charge in [0.05, 0.1) is 16.5 Å². The second-order valence-corrected chi connectivity index (χ2v) is 7.75. The van der Waals surface area contributed by atoms with Crippen molar-refractivity contribution in [3.8, 4) is 0 Å². The molecule has 112 valence electrons. The molecule has 0 atom stereocenters. The van der Waals surface area contributed by atoms with Gasteiger partial charge in [-0.2, -0.15) is 0 Å². The molecule has 0 fully saturated rings. The summed E-state index contributed by atoms with van der Waals surface area (Å²) in [5, 5.41) is 11.1. The first-order chi connectivity index (χ1) is 10.8. The fourth-order valence-corrected chi connectivity index (χ4v) is 4.33. The molecule has 5 heteroatoms. The number of allylic oxidation sites excluding steroid dienone is 2. The standard InChI is InChI=1S/C17H15NOS3/c1-12-13-5-2-3-6-14(13)15(11-16(12)20-10-8-19)18-22-17-7-4-9-21-17/h2-7,9,11,19H,1,8,10H2/b18-15+. The quantitative estimate of drug-likeness (QED) is 0.784. The molecule has 1 aromatic carbocycles. The number of thiophene rings is 1. The highest BCUT2D eigenvalue weighted by Crippen LogP contribution is 2.37. The molecule has 1 aliphatic carbocycles. The van der Waals surface area contributed by atoms with Gasteiger partial charge in [0.1, 0.15) is 0 Å². The number of benzene rings is 1. The first-order valence-electron chi connectivity index (χ1n) is 6.82. The van der Waals surface area contributed by atoms with Crippen molar-refractivity contribution in [3.05, 3.63) is 70.5 Å². The van der Waals surface area contributed by atoms with Gasteiger partial charge in [-0.3, -0.25) is 0 Å². The summed E-state index contributed by atoms with van der Waals surface area (Å²) in [6, 6.07) is 12.3. The van der Waals surface area contributed by atoms with Crippen molar-refractivity contribution in [2.24, 2.45) is 4.40 Å². The van der Waals surface area contributed by atoms with E-state index < -0.39 is 0 Å². The van der Waals surface area contributed by atoms with Crippen molar-refractivity contribution in [1.29, 1.82) is 0 Å².